The molecule has 3 rings (SSSR count). The Morgan fingerprint density at radius 2 is 2.18 bits per heavy atom. The van der Waals surface area contributed by atoms with E-state index in [9.17, 15) is 4.39 Å². The summed E-state index contributed by atoms with van der Waals surface area (Å²) in [4.78, 5) is 7.47. The Bertz CT molecular complexity index is 741. The lowest BCUT2D eigenvalue weighted by atomic mass is 10.2. The molecule has 0 radical (unpaired) electrons. The third kappa shape index (κ3) is 3.23. The van der Waals surface area contributed by atoms with Crippen LogP contribution in [0.1, 0.15) is 24.4 Å². The minimum absolute atomic E-state index is 0.0514. The van der Waals surface area contributed by atoms with E-state index in [-0.39, 0.29) is 11.9 Å². The van der Waals surface area contributed by atoms with E-state index in [0.29, 0.717) is 18.3 Å². The predicted octanol–water partition coefficient (Wildman–Crippen LogP) is 4.13. The molecule has 1 aromatic carbocycles. The van der Waals surface area contributed by atoms with Gasteiger partial charge in [0.1, 0.15) is 5.82 Å². The molecule has 1 unspecified atom stereocenters. The fraction of sp³-hybridized carbons (Fsp3) is 0.250. The van der Waals surface area contributed by atoms with Gasteiger partial charge in [-0.25, -0.2) is 4.39 Å². The van der Waals surface area contributed by atoms with E-state index in [1.807, 2.05) is 42.5 Å². The van der Waals surface area contributed by atoms with E-state index in [2.05, 4.69) is 10.1 Å². The van der Waals surface area contributed by atoms with Gasteiger partial charge in [0, 0.05) is 6.54 Å². The number of hydrogen-bond acceptors (Lipinski definition) is 5. The largest absolute Gasteiger partial charge is 0.337 e. The van der Waals surface area contributed by atoms with Crippen molar-refractivity contribution in [1.82, 2.24) is 15.0 Å². The first-order valence-corrected chi connectivity index (χ1v) is 7.83. The average molecular weight is 317 g/mol. The molecule has 0 saturated heterocycles. The van der Waals surface area contributed by atoms with Crippen LogP contribution < -0.4 is 0 Å². The van der Waals surface area contributed by atoms with Gasteiger partial charge in [-0.15, -0.1) is 11.3 Å². The molecule has 0 aliphatic rings. The maximum atomic E-state index is 13.2. The molecule has 2 aromatic heterocycles. The van der Waals surface area contributed by atoms with E-state index in [1.165, 1.54) is 12.1 Å². The van der Waals surface area contributed by atoms with Gasteiger partial charge in [-0.1, -0.05) is 23.4 Å². The fourth-order valence-electron chi connectivity index (χ4n) is 2.16. The molecule has 0 bridgehead atoms. The number of aromatic nitrogens is 2. The van der Waals surface area contributed by atoms with Crippen molar-refractivity contribution >= 4 is 11.3 Å². The van der Waals surface area contributed by atoms with Gasteiger partial charge in [-0.3, -0.25) is 4.90 Å². The molecule has 1 atom stereocenters. The average Bonchev–Trinajstić information content (AvgIpc) is 3.17. The monoisotopic (exact) mass is 317 g/mol. The molecule has 3 aromatic rings. The van der Waals surface area contributed by atoms with Gasteiger partial charge >= 0.3 is 0 Å². The summed E-state index contributed by atoms with van der Waals surface area (Å²) in [7, 11) is 1.95. The van der Waals surface area contributed by atoms with Crippen LogP contribution in [0, 0.1) is 5.82 Å². The van der Waals surface area contributed by atoms with E-state index >= 15 is 0 Å². The smallest absolute Gasteiger partial charge is 0.244 e. The van der Waals surface area contributed by atoms with Crippen LogP contribution in [0.3, 0.4) is 0 Å². The summed E-state index contributed by atoms with van der Waals surface area (Å²) in [5.41, 5.74) is 0.910. The topological polar surface area (TPSA) is 42.2 Å². The number of rotatable bonds is 5. The zero-order valence-corrected chi connectivity index (χ0v) is 13.2. The lowest BCUT2D eigenvalue weighted by Gasteiger charge is -2.21. The van der Waals surface area contributed by atoms with Gasteiger partial charge in [0.15, 0.2) is 0 Å². The van der Waals surface area contributed by atoms with Gasteiger partial charge in [-0.05, 0) is 43.1 Å². The predicted molar refractivity (Wildman–Crippen MR) is 83.9 cm³/mol. The molecule has 4 nitrogen and oxygen atoms in total. The van der Waals surface area contributed by atoms with Crippen molar-refractivity contribution in [3.8, 4) is 10.7 Å². The van der Waals surface area contributed by atoms with Crippen molar-refractivity contribution in [2.45, 2.75) is 19.5 Å². The molecule has 0 amide bonds. The lowest BCUT2D eigenvalue weighted by molar-refractivity contribution is 0.202. The molecule has 0 N–H and O–H groups in total. The third-order valence-electron chi connectivity index (χ3n) is 3.52. The van der Waals surface area contributed by atoms with Crippen molar-refractivity contribution in [2.24, 2.45) is 0 Å². The maximum Gasteiger partial charge on any atom is 0.244 e. The molecule has 0 fully saturated rings. The minimum atomic E-state index is -0.226. The van der Waals surface area contributed by atoms with Gasteiger partial charge in [0.25, 0.3) is 0 Å². The molecule has 6 heteroatoms. The summed E-state index contributed by atoms with van der Waals surface area (Å²) in [5.74, 6) is 0.939. The van der Waals surface area contributed by atoms with Gasteiger partial charge in [-0.2, -0.15) is 4.98 Å². The fourth-order valence-corrected chi connectivity index (χ4v) is 2.81. The van der Waals surface area contributed by atoms with E-state index in [0.717, 1.165) is 10.4 Å². The first kappa shape index (κ1) is 14.9. The van der Waals surface area contributed by atoms with Gasteiger partial charge in [0.05, 0.1) is 10.9 Å². The number of hydrogen-bond donors (Lipinski definition) is 0. The number of thiophene rings is 1. The molecule has 22 heavy (non-hydrogen) atoms. The normalized spacial score (nSPS) is 12.7. The molecule has 2 heterocycles. The lowest BCUT2D eigenvalue weighted by Crippen LogP contribution is -2.22. The van der Waals surface area contributed by atoms with Crippen molar-refractivity contribution in [3.05, 3.63) is 59.0 Å². The van der Waals surface area contributed by atoms with Crippen LogP contribution in [0.4, 0.5) is 4.39 Å². The summed E-state index contributed by atoms with van der Waals surface area (Å²) in [6.07, 6.45) is 0. The first-order chi connectivity index (χ1) is 10.6. The second-order valence-electron chi connectivity index (χ2n) is 5.15. The highest BCUT2D eigenvalue weighted by atomic mass is 32.1. The Balaban J connectivity index is 1.72. The molecular formula is C16H16FN3OS. The molecular weight excluding hydrogens is 301 g/mol. The molecule has 0 aliphatic heterocycles. The Labute approximate surface area is 132 Å². The van der Waals surface area contributed by atoms with Crippen molar-refractivity contribution < 1.29 is 8.91 Å². The molecule has 0 spiro atoms. The Morgan fingerprint density at radius 3 is 2.91 bits per heavy atom. The van der Waals surface area contributed by atoms with Crippen molar-refractivity contribution in [1.29, 1.82) is 0 Å². The second-order valence-corrected chi connectivity index (χ2v) is 6.10. The van der Waals surface area contributed by atoms with Crippen LogP contribution in [0.2, 0.25) is 0 Å². The summed E-state index contributed by atoms with van der Waals surface area (Å²) < 4.78 is 18.6. The van der Waals surface area contributed by atoms with E-state index < -0.39 is 0 Å². The summed E-state index contributed by atoms with van der Waals surface area (Å²) in [6.45, 7) is 2.60. The van der Waals surface area contributed by atoms with Crippen LogP contribution in [0.25, 0.3) is 10.7 Å². The minimum Gasteiger partial charge on any atom is -0.337 e. The third-order valence-corrected chi connectivity index (χ3v) is 4.39. The van der Waals surface area contributed by atoms with E-state index in [1.54, 1.807) is 17.4 Å². The van der Waals surface area contributed by atoms with E-state index in [4.69, 9.17) is 4.52 Å². The van der Waals surface area contributed by atoms with Crippen LogP contribution in [0.5, 0.6) is 0 Å². The van der Waals surface area contributed by atoms with Crippen LogP contribution in [-0.4, -0.2) is 22.1 Å². The Kier molecular flexibility index (Phi) is 4.31. The van der Waals surface area contributed by atoms with Crippen molar-refractivity contribution in [3.63, 3.8) is 0 Å². The quantitative estimate of drug-likeness (QED) is 0.709. The summed E-state index contributed by atoms with van der Waals surface area (Å²) in [5, 5.41) is 6.00. The molecule has 0 saturated carbocycles. The summed E-state index contributed by atoms with van der Waals surface area (Å²) >= 11 is 1.57. The summed E-state index contributed by atoms with van der Waals surface area (Å²) in [6, 6.07) is 10.5. The van der Waals surface area contributed by atoms with Gasteiger partial charge in [0.2, 0.25) is 11.7 Å². The molecule has 0 aliphatic carbocycles. The number of halogens is 1. The van der Waals surface area contributed by atoms with Gasteiger partial charge < -0.3 is 4.52 Å². The SMILES string of the molecule is CC(c1nc(-c2cccs2)no1)N(C)Cc1cccc(F)c1. The Morgan fingerprint density at radius 1 is 1.32 bits per heavy atom. The second kappa shape index (κ2) is 6.37. The van der Waals surface area contributed by atoms with Crippen molar-refractivity contribution in [2.75, 3.05) is 7.05 Å². The highest BCUT2D eigenvalue weighted by Gasteiger charge is 2.19. The zero-order chi connectivity index (χ0) is 15.5. The zero-order valence-electron chi connectivity index (χ0n) is 12.4. The molecule has 114 valence electrons. The van der Waals surface area contributed by atoms with Crippen LogP contribution in [0.15, 0.2) is 46.3 Å². The highest BCUT2D eigenvalue weighted by Crippen LogP contribution is 2.25. The number of benzene rings is 1. The van der Waals surface area contributed by atoms with Crippen LogP contribution in [-0.2, 0) is 6.54 Å². The standard InChI is InChI=1S/C16H16FN3OS/c1-11(20(2)10-12-5-3-6-13(17)9-12)16-18-15(19-21-16)14-7-4-8-22-14/h3-9,11H,10H2,1-2H3. The first-order valence-electron chi connectivity index (χ1n) is 6.95. The number of nitrogens with zero attached hydrogens (tertiary/aromatic N) is 3. The Hall–Kier alpha value is -2.05. The highest BCUT2D eigenvalue weighted by molar-refractivity contribution is 7.13. The van der Waals surface area contributed by atoms with Crippen LogP contribution >= 0.6 is 11.3 Å². The maximum absolute atomic E-state index is 13.2.